The highest BCUT2D eigenvalue weighted by molar-refractivity contribution is 6.32. The van der Waals surface area contributed by atoms with E-state index in [-0.39, 0.29) is 5.95 Å². The van der Waals surface area contributed by atoms with Crippen molar-refractivity contribution in [3.05, 3.63) is 11.2 Å². The van der Waals surface area contributed by atoms with Crippen LogP contribution >= 0.6 is 11.6 Å². The summed E-state index contributed by atoms with van der Waals surface area (Å²) < 4.78 is 0. The molecule has 3 N–H and O–H groups in total. The lowest BCUT2D eigenvalue weighted by Crippen LogP contribution is -2.07. The maximum Gasteiger partial charge on any atom is 0.222 e. The third kappa shape index (κ3) is 3.73. The molecule has 0 unspecified atom stereocenters. The first-order chi connectivity index (χ1) is 8.25. The molecule has 1 fully saturated rings. The van der Waals surface area contributed by atoms with Gasteiger partial charge in [0.25, 0.3) is 0 Å². The quantitative estimate of drug-likeness (QED) is 0.793. The van der Waals surface area contributed by atoms with Crippen molar-refractivity contribution in [3.8, 4) is 0 Å². The Morgan fingerprint density at radius 1 is 1.41 bits per heavy atom. The van der Waals surface area contributed by atoms with Gasteiger partial charge >= 0.3 is 0 Å². The van der Waals surface area contributed by atoms with Crippen LogP contribution in [-0.4, -0.2) is 16.5 Å². The van der Waals surface area contributed by atoms with E-state index in [1.165, 1.54) is 38.3 Å². The van der Waals surface area contributed by atoms with Crippen molar-refractivity contribution in [2.24, 2.45) is 5.92 Å². The predicted octanol–water partition coefficient (Wildman–Crippen LogP) is 3.09. The van der Waals surface area contributed by atoms with E-state index in [0.29, 0.717) is 10.8 Å². The van der Waals surface area contributed by atoms with E-state index in [9.17, 15) is 0 Å². The van der Waals surface area contributed by atoms with Crippen molar-refractivity contribution in [3.63, 3.8) is 0 Å². The number of rotatable bonds is 5. The van der Waals surface area contributed by atoms with Gasteiger partial charge < -0.3 is 11.1 Å². The van der Waals surface area contributed by atoms with E-state index in [2.05, 4.69) is 15.3 Å². The van der Waals surface area contributed by atoms with Gasteiger partial charge in [0.2, 0.25) is 5.95 Å². The second-order valence-electron chi connectivity index (χ2n) is 4.64. The van der Waals surface area contributed by atoms with Crippen LogP contribution in [0.1, 0.15) is 38.5 Å². The molecule has 0 amide bonds. The minimum Gasteiger partial charge on any atom is -0.369 e. The second kappa shape index (κ2) is 6.05. The van der Waals surface area contributed by atoms with Gasteiger partial charge in [-0.1, -0.05) is 37.3 Å². The van der Waals surface area contributed by atoms with Gasteiger partial charge in [0.05, 0.1) is 6.20 Å². The number of nitrogens with one attached hydrogen (secondary N) is 1. The Labute approximate surface area is 107 Å². The van der Waals surface area contributed by atoms with Crippen molar-refractivity contribution in [1.82, 2.24) is 9.97 Å². The van der Waals surface area contributed by atoms with Crippen molar-refractivity contribution in [2.75, 3.05) is 17.6 Å². The molecule has 0 aliphatic heterocycles. The maximum absolute atomic E-state index is 5.96. The summed E-state index contributed by atoms with van der Waals surface area (Å²) in [6.07, 6.45) is 9.61. The highest BCUT2D eigenvalue weighted by atomic mass is 35.5. The van der Waals surface area contributed by atoms with Gasteiger partial charge in [0.15, 0.2) is 0 Å². The van der Waals surface area contributed by atoms with Crippen LogP contribution in [0.15, 0.2) is 6.20 Å². The monoisotopic (exact) mass is 254 g/mol. The molecule has 0 atom stereocenters. The van der Waals surface area contributed by atoms with Gasteiger partial charge in [0.1, 0.15) is 10.8 Å². The molecule has 4 nitrogen and oxygen atoms in total. The van der Waals surface area contributed by atoms with E-state index in [4.69, 9.17) is 17.3 Å². The van der Waals surface area contributed by atoms with Gasteiger partial charge in [-0.2, -0.15) is 4.98 Å². The molecule has 0 radical (unpaired) electrons. The van der Waals surface area contributed by atoms with E-state index >= 15 is 0 Å². The lowest BCUT2D eigenvalue weighted by molar-refractivity contribution is 0.491. The molecule has 2 rings (SSSR count). The van der Waals surface area contributed by atoms with E-state index < -0.39 is 0 Å². The van der Waals surface area contributed by atoms with Gasteiger partial charge in [-0.15, -0.1) is 0 Å². The van der Waals surface area contributed by atoms with Crippen LogP contribution in [0.25, 0.3) is 0 Å². The number of nitrogens with two attached hydrogens (primary N) is 1. The molecule has 0 aromatic carbocycles. The molecule has 94 valence electrons. The first-order valence-electron chi connectivity index (χ1n) is 6.27. The van der Waals surface area contributed by atoms with Crippen LogP contribution in [0, 0.1) is 5.92 Å². The van der Waals surface area contributed by atoms with Crippen LogP contribution in [0.2, 0.25) is 5.02 Å². The molecule has 1 aromatic heterocycles. The van der Waals surface area contributed by atoms with Crippen molar-refractivity contribution in [1.29, 1.82) is 0 Å². The van der Waals surface area contributed by atoms with Gasteiger partial charge in [-0.05, 0) is 18.8 Å². The molecule has 1 aliphatic rings. The predicted molar refractivity (Wildman–Crippen MR) is 71.1 cm³/mol. The number of anilines is 2. The maximum atomic E-state index is 5.96. The molecule has 0 bridgehead atoms. The Hall–Kier alpha value is -1.03. The van der Waals surface area contributed by atoms with Crippen molar-refractivity contribution < 1.29 is 0 Å². The lowest BCUT2D eigenvalue weighted by Gasteiger charge is -2.10. The fourth-order valence-corrected chi connectivity index (χ4v) is 2.56. The van der Waals surface area contributed by atoms with Crippen LogP contribution in [-0.2, 0) is 0 Å². The van der Waals surface area contributed by atoms with Crippen LogP contribution in [0.3, 0.4) is 0 Å². The average molecular weight is 255 g/mol. The number of halogens is 1. The molecule has 1 aliphatic carbocycles. The number of nitrogens with zero attached hydrogens (tertiary/aromatic N) is 2. The van der Waals surface area contributed by atoms with Crippen LogP contribution < -0.4 is 11.1 Å². The average Bonchev–Trinajstić information content (AvgIpc) is 2.82. The Bertz CT molecular complexity index is 364. The molecule has 17 heavy (non-hydrogen) atoms. The third-order valence-electron chi connectivity index (χ3n) is 3.32. The molecule has 1 saturated carbocycles. The minimum atomic E-state index is 0.257. The smallest absolute Gasteiger partial charge is 0.222 e. The van der Waals surface area contributed by atoms with Gasteiger partial charge in [-0.25, -0.2) is 4.98 Å². The number of nitrogen functional groups attached to an aromatic ring is 1. The van der Waals surface area contributed by atoms with E-state index in [1.54, 1.807) is 0 Å². The SMILES string of the molecule is Nc1ncc(Cl)c(NCCCC2CCCC2)n1. The van der Waals surface area contributed by atoms with Crippen LogP contribution in [0.5, 0.6) is 0 Å². The fourth-order valence-electron chi connectivity index (χ4n) is 2.40. The standard InChI is InChI=1S/C12H19ClN4/c13-10-8-16-12(14)17-11(10)15-7-3-6-9-4-1-2-5-9/h8-9H,1-7H2,(H3,14,15,16,17). The first-order valence-corrected chi connectivity index (χ1v) is 6.65. The highest BCUT2D eigenvalue weighted by Gasteiger charge is 2.14. The Kier molecular flexibility index (Phi) is 4.42. The molecule has 1 heterocycles. The Morgan fingerprint density at radius 3 is 2.94 bits per heavy atom. The lowest BCUT2D eigenvalue weighted by atomic mass is 10.0. The summed E-state index contributed by atoms with van der Waals surface area (Å²) in [4.78, 5) is 7.89. The zero-order chi connectivity index (χ0) is 12.1. The fraction of sp³-hybridized carbons (Fsp3) is 0.667. The summed E-state index contributed by atoms with van der Waals surface area (Å²) >= 11 is 5.96. The summed E-state index contributed by atoms with van der Waals surface area (Å²) in [6.45, 7) is 0.896. The molecular weight excluding hydrogens is 236 g/mol. The zero-order valence-corrected chi connectivity index (χ0v) is 10.7. The zero-order valence-electron chi connectivity index (χ0n) is 9.95. The first kappa shape index (κ1) is 12.4. The van der Waals surface area contributed by atoms with E-state index in [0.717, 1.165) is 18.9 Å². The molecule has 0 spiro atoms. The molecular formula is C12H19ClN4. The van der Waals surface area contributed by atoms with Gasteiger partial charge in [-0.3, -0.25) is 0 Å². The molecule has 5 heteroatoms. The third-order valence-corrected chi connectivity index (χ3v) is 3.60. The van der Waals surface area contributed by atoms with Crippen molar-refractivity contribution in [2.45, 2.75) is 38.5 Å². The highest BCUT2D eigenvalue weighted by Crippen LogP contribution is 2.28. The minimum absolute atomic E-state index is 0.257. The Balaban J connectivity index is 1.72. The summed E-state index contributed by atoms with van der Waals surface area (Å²) in [7, 11) is 0. The largest absolute Gasteiger partial charge is 0.369 e. The number of hydrogen-bond donors (Lipinski definition) is 2. The summed E-state index contributed by atoms with van der Waals surface area (Å²) in [5.74, 6) is 1.83. The second-order valence-corrected chi connectivity index (χ2v) is 5.05. The molecule has 0 saturated heterocycles. The van der Waals surface area contributed by atoms with Crippen LogP contribution in [0.4, 0.5) is 11.8 Å². The number of hydrogen-bond acceptors (Lipinski definition) is 4. The topological polar surface area (TPSA) is 63.8 Å². The summed E-state index contributed by atoms with van der Waals surface area (Å²) in [6, 6.07) is 0. The number of aromatic nitrogens is 2. The molecule has 1 aromatic rings. The Morgan fingerprint density at radius 2 is 2.18 bits per heavy atom. The summed E-state index contributed by atoms with van der Waals surface area (Å²) in [5, 5.41) is 3.74. The van der Waals surface area contributed by atoms with Gasteiger partial charge in [0, 0.05) is 6.54 Å². The van der Waals surface area contributed by atoms with Crippen molar-refractivity contribution >= 4 is 23.4 Å². The summed E-state index contributed by atoms with van der Waals surface area (Å²) in [5.41, 5.74) is 5.51. The van der Waals surface area contributed by atoms with E-state index in [1.807, 2.05) is 0 Å². The normalized spacial score (nSPS) is 16.3.